The molecule has 0 spiro atoms. The van der Waals surface area contributed by atoms with Crippen LogP contribution in [0.3, 0.4) is 0 Å². The number of Topliss-reactive ketones (excluding diaryl/α,β-unsaturated/α-hetero) is 4. The van der Waals surface area contributed by atoms with Gasteiger partial charge in [-0.2, -0.15) is 0 Å². The second kappa shape index (κ2) is 32.9. The third kappa shape index (κ3) is 13.8. The Morgan fingerprint density at radius 3 is 0.947 bits per heavy atom. The summed E-state index contributed by atoms with van der Waals surface area (Å²) in [6, 6.07) is 0. The maximum atomic E-state index is 17.3. The summed E-state index contributed by atoms with van der Waals surface area (Å²) in [5.74, 6) is -10.2. The number of aliphatic hydroxyl groups excluding tert-OH is 6. The van der Waals surface area contributed by atoms with Crippen molar-refractivity contribution in [2.45, 2.75) is 371 Å². The summed E-state index contributed by atoms with van der Waals surface area (Å²) in [5, 5.41) is 90.2. The molecule has 0 radical (unpaired) electrons. The molecule has 24 nitrogen and oxygen atoms in total. The molecule has 0 aromatic carbocycles. The van der Waals surface area contributed by atoms with Crippen molar-refractivity contribution in [2.75, 3.05) is 26.4 Å². The van der Waals surface area contributed by atoms with Crippen LogP contribution in [0.25, 0.3) is 0 Å². The number of carbonyl (C=O) groups is 8. The summed E-state index contributed by atoms with van der Waals surface area (Å²) >= 11 is 0. The lowest BCUT2D eigenvalue weighted by molar-refractivity contribution is -0.249. The van der Waals surface area contributed by atoms with Crippen molar-refractivity contribution in [1.82, 2.24) is 0 Å². The molecule has 30 heteroatoms. The topological polar surface area (TPSA) is 372 Å². The molecule has 16 aliphatic carbocycles. The van der Waals surface area contributed by atoms with E-state index in [1.807, 2.05) is 41.5 Å². The van der Waals surface area contributed by atoms with E-state index in [9.17, 15) is 79.2 Å². The summed E-state index contributed by atoms with van der Waals surface area (Å²) in [7, 11) is 0. The zero-order chi connectivity index (χ0) is 97.5. The molecule has 0 unspecified atom stereocenters. The van der Waals surface area contributed by atoms with Gasteiger partial charge in [0.25, 0.3) is 0 Å². The van der Waals surface area contributed by atoms with Gasteiger partial charge >= 0.3 is 0 Å². The second-order valence-corrected chi connectivity index (χ2v) is 45.6. The molecule has 0 bridgehead atoms. The number of halogens is 6. The van der Waals surface area contributed by atoms with Gasteiger partial charge in [-0.25, -0.2) is 26.3 Å². The molecular formula is C102H138F6O24. The van der Waals surface area contributed by atoms with Gasteiger partial charge in [0.2, 0.25) is 0 Å². The molecule has 18 aliphatic rings. The molecule has 2 aliphatic heterocycles. The first-order valence-electron chi connectivity index (χ1n) is 47.6. The quantitative estimate of drug-likeness (QED) is 0.0665. The Morgan fingerprint density at radius 2 is 0.629 bits per heavy atom. The van der Waals surface area contributed by atoms with Crippen LogP contribution in [0.5, 0.6) is 0 Å². The normalized spacial score (nSPS) is 49.3. The maximum Gasteiger partial charge on any atom is 0.193 e. The van der Waals surface area contributed by atoms with Crippen LogP contribution < -0.4 is 0 Å². The lowest BCUT2D eigenvalue weighted by Crippen LogP contribution is -2.71. The molecule has 2 saturated heterocycles. The van der Waals surface area contributed by atoms with Crippen molar-refractivity contribution in [2.24, 2.45) is 90.7 Å². The van der Waals surface area contributed by atoms with Crippen LogP contribution in [-0.2, 0) is 76.3 Å². The number of carbonyl (C=O) groups excluding carboxylic acids is 8. The number of hydrogen-bond donors (Lipinski definition) is 8. The molecule has 0 aromatic rings. The van der Waals surface area contributed by atoms with Crippen molar-refractivity contribution in [3.05, 3.63) is 95.2 Å². The molecular weight excluding hydrogens is 1720 g/mol. The molecule has 18 rings (SSSR count). The Hall–Kier alpha value is -5.78. The van der Waals surface area contributed by atoms with Crippen LogP contribution in [0.2, 0.25) is 0 Å². The number of ether oxygens (including phenoxy) is 8. The Morgan fingerprint density at radius 1 is 0.364 bits per heavy atom. The van der Waals surface area contributed by atoms with Gasteiger partial charge in [0, 0.05) is 67.0 Å². The van der Waals surface area contributed by atoms with Gasteiger partial charge in [0.05, 0.1) is 73.2 Å². The highest BCUT2D eigenvalue weighted by molar-refractivity contribution is 6.03. The van der Waals surface area contributed by atoms with Crippen LogP contribution in [0, 0.1) is 90.7 Å². The van der Waals surface area contributed by atoms with E-state index in [4.69, 9.17) is 37.9 Å². The van der Waals surface area contributed by atoms with Crippen LogP contribution in [0.15, 0.2) is 95.2 Å². The highest BCUT2D eigenvalue weighted by Gasteiger charge is 2.85. The number of ketones is 8. The fourth-order valence-electron chi connectivity index (χ4n) is 30.5. The third-order valence-corrected chi connectivity index (χ3v) is 36.8. The fraction of sp³-hybridized carbons (Fsp3) is 0.765. The number of hydrogen-bond acceptors (Lipinski definition) is 24. The fourth-order valence-corrected chi connectivity index (χ4v) is 30.5. The predicted octanol–water partition coefficient (Wildman–Crippen LogP) is 11.7. The highest BCUT2D eigenvalue weighted by atomic mass is 19.2. The number of alkyl halides is 6. The molecule has 132 heavy (non-hydrogen) atoms. The molecule has 14 fully saturated rings. The molecule has 732 valence electrons. The monoisotopic (exact) mass is 1860 g/mol. The molecule has 8 N–H and O–H groups in total. The van der Waals surface area contributed by atoms with Crippen molar-refractivity contribution < 1.29 is 143 Å². The van der Waals surface area contributed by atoms with Crippen molar-refractivity contribution in [3.8, 4) is 0 Å². The van der Waals surface area contributed by atoms with Crippen LogP contribution in [0.4, 0.5) is 26.3 Å². The van der Waals surface area contributed by atoms with E-state index in [2.05, 4.69) is 0 Å². The molecule has 0 amide bonds. The number of aliphatic hydroxyl groups is 8. The Balaban J connectivity index is 0.000000135. The highest BCUT2D eigenvalue weighted by Crippen LogP contribution is 2.78. The predicted molar refractivity (Wildman–Crippen MR) is 467 cm³/mol. The first kappa shape index (κ1) is 101. The van der Waals surface area contributed by atoms with Gasteiger partial charge in [-0.05, 0) is 284 Å². The molecule has 2 heterocycles. The number of fused-ring (bicyclic) bond motifs is 24. The minimum atomic E-state index is -2.33. The standard InChI is InChI=1S/C27H36F2O6.C27H37FO6.C24H32F2O6.C24H33FO6/c1-14(2)33-13-21(32)27-22(34-23(3,4)35-27)11-16-17-10-19(28)18-9-15(30)7-8-24(18,5)26(17,29)20(31)12-25(16,27)6;1-15(2)32-14-21(31)27-22(33-23(3,4)34-27)12-19-18-8-7-16-11-17(29)9-10-24(16,5)26(18,28)20(30)13-25(19,27)6;1-12(2)32-11-20(30)24(31)18(28)9-14-15-8-17(25)16-7-13(27)5-6-21(16,3)23(15,26)19(29)10-22(14,24)4;1-13(2)31-12-20(29)24(30)18(27)10-17-16-6-5-14-9-15(26)7-8-21(14,3)23(16,25)19(28)11-22(17,24)4/h7-9,14,16-17,19-20,22,31H,10-13H2,1-6H3;9-11,15,18-20,22,30H,7-8,12-14H2,1-6H3;5-7,12,14-15,17-19,28-29,31H,8-11H2,1-4H3;7-9,13,16-19,27-28,30H,5-6,10-12H2,1-4H3/t16-,17-,19-,20-,22+,24-,25-,26-,27+;18-,19-,20-,22+,24-,25-,26-,27+;14-,15-,17-,18+,19-,21-,22-,23-,24-;16-,17-,18+,19-,21-,22-,23-,24-/m0000/s1. The summed E-state index contributed by atoms with van der Waals surface area (Å²) in [6.45, 7) is 34.0. The Bertz CT molecular complexity index is 4970. The van der Waals surface area contributed by atoms with Crippen molar-refractivity contribution in [1.29, 1.82) is 0 Å². The van der Waals surface area contributed by atoms with Gasteiger partial charge in [0.15, 0.2) is 103 Å². The van der Waals surface area contributed by atoms with Gasteiger partial charge in [0.1, 0.15) is 38.8 Å². The zero-order valence-electron chi connectivity index (χ0n) is 79.7. The van der Waals surface area contributed by atoms with E-state index < -0.39 is 227 Å². The summed E-state index contributed by atoms with van der Waals surface area (Å²) in [5.41, 5.74) is -23.9. The zero-order valence-corrected chi connectivity index (χ0v) is 79.7. The smallest absolute Gasteiger partial charge is 0.193 e. The van der Waals surface area contributed by atoms with Crippen molar-refractivity contribution in [3.63, 3.8) is 0 Å². The number of allylic oxidation sites excluding steroid dienone is 16. The SMILES string of the molecule is CC(C)OCC(=O)[C@@]1(O)[C@H](O)C[C@H]2[C@@H]3CCC4=CC(=O)C=C[C@]4(C)[C@@]3(F)[C@@H](O)C[C@@]21C.CC(C)OCC(=O)[C@@]1(O)[C@H](O)C[C@H]2[C@@H]3C[C@H](F)C4=CC(=O)C=C[C@]4(C)[C@@]3(F)[C@@H](O)C[C@@]21C.CC(C)OCC(=O)[C@@]12OC(C)(C)O[C@@H]1C[C@H]1[C@@H]3CCC4=CC(=O)C=C[C@]4(C)[C@@]3(F)[C@@H](O)C[C@@]12C.CC(C)OCC(=O)[C@@]12OC(C)(C)O[C@@H]1C[C@H]1[C@@H]3C[C@H](F)C4=CC(=O)C=C[C@]4(C)[C@@]3(F)[C@@H](O)C[C@@]12C. The van der Waals surface area contributed by atoms with E-state index >= 15 is 26.3 Å². The average molecular weight is 1860 g/mol. The summed E-state index contributed by atoms with van der Waals surface area (Å²) in [6.07, 6.45) is 4.17. The largest absolute Gasteiger partial charge is 0.390 e. The Labute approximate surface area is 769 Å². The molecule has 12 saturated carbocycles. The number of rotatable bonds is 16. The minimum absolute atomic E-state index is 0.00150. The second-order valence-electron chi connectivity index (χ2n) is 45.6. The summed E-state index contributed by atoms with van der Waals surface area (Å²) in [4.78, 5) is 101. The first-order chi connectivity index (χ1) is 60.9. The molecule has 0 aromatic heterocycles. The summed E-state index contributed by atoms with van der Waals surface area (Å²) < 4.78 is 147. The average Bonchev–Trinajstić information content (AvgIpc) is 1.43. The van der Waals surface area contributed by atoms with E-state index in [-0.39, 0.29) is 142 Å². The van der Waals surface area contributed by atoms with Crippen molar-refractivity contribution >= 4 is 46.3 Å². The Kier molecular flexibility index (Phi) is 25.1. The van der Waals surface area contributed by atoms with Gasteiger partial charge in [-0.3, -0.25) is 38.4 Å². The van der Waals surface area contributed by atoms with E-state index in [0.29, 0.717) is 44.1 Å². The lowest BCUT2D eigenvalue weighted by Gasteiger charge is -2.63. The van der Waals surface area contributed by atoms with Crippen LogP contribution in [-0.4, -0.2) is 256 Å². The van der Waals surface area contributed by atoms with Crippen LogP contribution in [0.1, 0.15) is 228 Å². The van der Waals surface area contributed by atoms with Gasteiger partial charge in [-0.15, -0.1) is 0 Å². The van der Waals surface area contributed by atoms with Crippen LogP contribution >= 0.6 is 0 Å². The molecule has 34 atom stereocenters. The van der Waals surface area contributed by atoms with Gasteiger partial charge < -0.3 is 78.7 Å². The lowest BCUT2D eigenvalue weighted by atomic mass is 9.44. The first-order valence-corrected chi connectivity index (χ1v) is 47.6. The van der Waals surface area contributed by atoms with E-state index in [1.165, 1.54) is 61.6 Å². The third-order valence-electron chi connectivity index (χ3n) is 36.8. The van der Waals surface area contributed by atoms with E-state index in [1.54, 1.807) is 102 Å². The van der Waals surface area contributed by atoms with E-state index in [0.717, 1.165) is 11.6 Å². The maximum absolute atomic E-state index is 17.3. The van der Waals surface area contributed by atoms with Gasteiger partial charge in [-0.1, -0.05) is 63.1 Å². The minimum Gasteiger partial charge on any atom is -0.390 e.